The average Bonchev–Trinajstić information content (AvgIpc) is 2.52. The molecule has 0 saturated heterocycles. The Labute approximate surface area is 140 Å². The Morgan fingerprint density at radius 2 is 1.96 bits per heavy atom. The van der Waals surface area contributed by atoms with Crippen LogP contribution in [0.15, 0.2) is 24.3 Å². The fourth-order valence-corrected chi connectivity index (χ4v) is 2.96. The van der Waals surface area contributed by atoms with Crippen LogP contribution >= 0.6 is 0 Å². The molecule has 0 aromatic heterocycles. The molecule has 0 spiro atoms. The van der Waals surface area contributed by atoms with E-state index in [1.54, 1.807) is 24.3 Å². The first-order valence-corrected chi connectivity index (χ1v) is 7.87. The Hall–Kier alpha value is -2.70. The summed E-state index contributed by atoms with van der Waals surface area (Å²) in [5.74, 6) is -1.70. The van der Waals surface area contributed by atoms with Crippen molar-refractivity contribution in [2.45, 2.75) is 38.6 Å². The second-order valence-electron chi connectivity index (χ2n) is 5.98. The van der Waals surface area contributed by atoms with Gasteiger partial charge in [0.1, 0.15) is 11.8 Å². The normalized spacial score (nSPS) is 18.5. The molecule has 0 bridgehead atoms. The van der Waals surface area contributed by atoms with Gasteiger partial charge >= 0.3 is 0 Å². The lowest BCUT2D eigenvalue weighted by molar-refractivity contribution is -0.124. The number of anilines is 1. The lowest BCUT2D eigenvalue weighted by Gasteiger charge is -2.28. The van der Waals surface area contributed by atoms with Crippen LogP contribution in [-0.2, 0) is 14.4 Å². The van der Waals surface area contributed by atoms with E-state index in [0.29, 0.717) is 24.9 Å². The number of carbonyl (C=O) groups is 4. The number of benzene rings is 1. The number of hydrogen-bond donors (Lipinski definition) is 3. The van der Waals surface area contributed by atoms with E-state index in [-0.39, 0.29) is 29.6 Å². The molecule has 128 valence electrons. The SMILES string of the molecule is CC(=O)Nc1ccccc1C(=O)N[C@@H](C(N)=O)[C@@H]1CCCC(=O)C1. The third-order valence-electron chi connectivity index (χ3n) is 4.07. The molecule has 1 aliphatic rings. The van der Waals surface area contributed by atoms with Gasteiger partial charge in [0.05, 0.1) is 11.3 Å². The number of nitrogens with one attached hydrogen (secondary N) is 2. The first-order valence-electron chi connectivity index (χ1n) is 7.87. The molecule has 1 fully saturated rings. The summed E-state index contributed by atoms with van der Waals surface area (Å²) in [5, 5.41) is 5.19. The quantitative estimate of drug-likeness (QED) is 0.745. The van der Waals surface area contributed by atoms with E-state index in [9.17, 15) is 19.2 Å². The highest BCUT2D eigenvalue weighted by Crippen LogP contribution is 2.25. The van der Waals surface area contributed by atoms with Gasteiger partial charge in [-0.25, -0.2) is 0 Å². The van der Waals surface area contributed by atoms with Gasteiger partial charge in [0.15, 0.2) is 0 Å². The molecular weight excluding hydrogens is 310 g/mol. The van der Waals surface area contributed by atoms with Gasteiger partial charge < -0.3 is 16.4 Å². The van der Waals surface area contributed by atoms with Crippen molar-refractivity contribution in [2.75, 3.05) is 5.32 Å². The fraction of sp³-hybridized carbons (Fsp3) is 0.412. The molecule has 24 heavy (non-hydrogen) atoms. The number of carbonyl (C=O) groups excluding carboxylic acids is 4. The van der Waals surface area contributed by atoms with Gasteiger partial charge in [0, 0.05) is 19.8 Å². The third kappa shape index (κ3) is 4.41. The summed E-state index contributed by atoms with van der Waals surface area (Å²) in [5.41, 5.74) is 6.01. The minimum atomic E-state index is -0.910. The van der Waals surface area contributed by atoms with Crippen LogP contribution in [0.5, 0.6) is 0 Å². The van der Waals surface area contributed by atoms with E-state index in [2.05, 4.69) is 10.6 Å². The maximum atomic E-state index is 12.5. The first-order chi connectivity index (χ1) is 11.4. The molecule has 2 rings (SSSR count). The number of para-hydroxylation sites is 1. The van der Waals surface area contributed by atoms with E-state index in [1.165, 1.54) is 6.92 Å². The van der Waals surface area contributed by atoms with Gasteiger partial charge in [-0.2, -0.15) is 0 Å². The second kappa shape index (κ2) is 7.72. The average molecular weight is 331 g/mol. The molecule has 0 unspecified atom stereocenters. The number of rotatable bonds is 5. The summed E-state index contributed by atoms with van der Waals surface area (Å²) in [6, 6.07) is 5.58. The molecule has 0 radical (unpaired) electrons. The maximum absolute atomic E-state index is 12.5. The second-order valence-corrected chi connectivity index (χ2v) is 5.98. The summed E-state index contributed by atoms with van der Waals surface area (Å²) < 4.78 is 0. The third-order valence-corrected chi connectivity index (χ3v) is 4.07. The van der Waals surface area contributed by atoms with Crippen LogP contribution < -0.4 is 16.4 Å². The largest absolute Gasteiger partial charge is 0.368 e. The van der Waals surface area contributed by atoms with Crippen molar-refractivity contribution in [1.29, 1.82) is 0 Å². The number of nitrogens with two attached hydrogens (primary N) is 1. The topological polar surface area (TPSA) is 118 Å². The van der Waals surface area contributed by atoms with Crippen molar-refractivity contribution >= 4 is 29.2 Å². The number of Topliss-reactive ketones (excluding diaryl/α,β-unsaturated/α-hetero) is 1. The minimum Gasteiger partial charge on any atom is -0.368 e. The van der Waals surface area contributed by atoms with Crippen LogP contribution in [0.25, 0.3) is 0 Å². The van der Waals surface area contributed by atoms with Crippen LogP contribution in [0.3, 0.4) is 0 Å². The predicted molar refractivity (Wildman–Crippen MR) is 88.2 cm³/mol. The summed E-state index contributed by atoms with van der Waals surface area (Å²) >= 11 is 0. The van der Waals surface area contributed by atoms with Gasteiger partial charge in [-0.3, -0.25) is 19.2 Å². The lowest BCUT2D eigenvalue weighted by atomic mass is 9.82. The van der Waals surface area contributed by atoms with Crippen LogP contribution in [-0.4, -0.2) is 29.5 Å². The Morgan fingerprint density at radius 1 is 1.25 bits per heavy atom. The Balaban J connectivity index is 2.18. The number of ketones is 1. The highest BCUT2D eigenvalue weighted by molar-refractivity contribution is 6.04. The highest BCUT2D eigenvalue weighted by atomic mass is 16.2. The van der Waals surface area contributed by atoms with Crippen molar-refractivity contribution in [3.05, 3.63) is 29.8 Å². The zero-order chi connectivity index (χ0) is 17.7. The van der Waals surface area contributed by atoms with Crippen LogP contribution in [0.1, 0.15) is 43.0 Å². The van der Waals surface area contributed by atoms with Gasteiger partial charge in [-0.15, -0.1) is 0 Å². The van der Waals surface area contributed by atoms with E-state index >= 15 is 0 Å². The van der Waals surface area contributed by atoms with E-state index in [1.807, 2.05) is 0 Å². The standard InChI is InChI=1S/C17H21N3O4/c1-10(21)19-14-8-3-2-7-13(14)17(24)20-15(16(18)23)11-5-4-6-12(22)9-11/h2-3,7-8,11,15H,4-6,9H2,1H3,(H2,18,23)(H,19,21)(H,20,24)/t11-,15-/m1/s1. The number of amides is 3. The highest BCUT2D eigenvalue weighted by Gasteiger charge is 2.32. The van der Waals surface area contributed by atoms with E-state index < -0.39 is 17.9 Å². The summed E-state index contributed by atoms with van der Waals surface area (Å²) in [6.07, 6.45) is 2.08. The maximum Gasteiger partial charge on any atom is 0.254 e. The Morgan fingerprint density at radius 3 is 2.58 bits per heavy atom. The smallest absolute Gasteiger partial charge is 0.254 e. The minimum absolute atomic E-state index is 0.0744. The molecule has 1 aliphatic carbocycles. The Bertz CT molecular complexity index is 672. The molecule has 2 atom stereocenters. The zero-order valence-electron chi connectivity index (χ0n) is 13.5. The monoisotopic (exact) mass is 331 g/mol. The van der Waals surface area contributed by atoms with E-state index in [0.717, 1.165) is 0 Å². The zero-order valence-corrected chi connectivity index (χ0v) is 13.5. The molecule has 1 saturated carbocycles. The summed E-state index contributed by atoms with van der Waals surface area (Å²) in [4.78, 5) is 47.2. The molecule has 4 N–H and O–H groups in total. The molecule has 7 heteroatoms. The molecule has 0 aliphatic heterocycles. The van der Waals surface area contributed by atoms with Gasteiger partial charge in [0.2, 0.25) is 11.8 Å². The van der Waals surface area contributed by atoms with Crippen molar-refractivity contribution in [3.63, 3.8) is 0 Å². The molecule has 3 amide bonds. The molecule has 1 aromatic carbocycles. The van der Waals surface area contributed by atoms with Crippen LogP contribution in [0.4, 0.5) is 5.69 Å². The van der Waals surface area contributed by atoms with Gasteiger partial charge in [0.25, 0.3) is 5.91 Å². The van der Waals surface area contributed by atoms with Crippen molar-refractivity contribution in [3.8, 4) is 0 Å². The first kappa shape index (κ1) is 17.7. The van der Waals surface area contributed by atoms with Crippen LogP contribution in [0.2, 0.25) is 0 Å². The number of primary amides is 1. The molecular formula is C17H21N3O4. The van der Waals surface area contributed by atoms with Crippen LogP contribution in [0, 0.1) is 5.92 Å². The molecule has 7 nitrogen and oxygen atoms in total. The predicted octanol–water partition coefficient (Wildman–Crippen LogP) is 0.988. The van der Waals surface area contributed by atoms with Crippen molar-refractivity contribution < 1.29 is 19.2 Å². The fourth-order valence-electron chi connectivity index (χ4n) is 2.96. The molecule has 1 aromatic rings. The van der Waals surface area contributed by atoms with Gasteiger partial charge in [-0.1, -0.05) is 12.1 Å². The van der Waals surface area contributed by atoms with Crippen molar-refractivity contribution in [2.24, 2.45) is 11.7 Å². The number of hydrogen-bond acceptors (Lipinski definition) is 4. The summed E-state index contributed by atoms with van der Waals surface area (Å²) in [6.45, 7) is 1.34. The summed E-state index contributed by atoms with van der Waals surface area (Å²) in [7, 11) is 0. The van der Waals surface area contributed by atoms with Crippen molar-refractivity contribution in [1.82, 2.24) is 5.32 Å². The lowest BCUT2D eigenvalue weighted by Crippen LogP contribution is -2.50. The molecule has 0 heterocycles. The Kier molecular flexibility index (Phi) is 5.68. The van der Waals surface area contributed by atoms with Gasteiger partial charge in [-0.05, 0) is 30.9 Å². The van der Waals surface area contributed by atoms with E-state index in [4.69, 9.17) is 5.73 Å².